The monoisotopic (exact) mass is 325 g/mol. The molecule has 1 fully saturated rings. The van der Waals surface area contributed by atoms with Crippen molar-refractivity contribution in [3.05, 3.63) is 23.2 Å². The summed E-state index contributed by atoms with van der Waals surface area (Å²) in [5, 5.41) is 3.40. The van der Waals surface area contributed by atoms with Crippen LogP contribution in [0.2, 0.25) is 5.02 Å². The molecule has 22 heavy (non-hydrogen) atoms. The standard InChI is InChI=1S/C17H24ClNO3/c1-4-10-21-15-9-8-13(11-14(15)18)19-16(20)17(3,22-5-2)12-6-7-12/h8-9,11-12H,4-7,10H2,1-3H3,(H,19,20)/t17-/m1/s1. The Morgan fingerprint density at radius 2 is 2.14 bits per heavy atom. The number of amides is 1. The van der Waals surface area contributed by atoms with Gasteiger partial charge < -0.3 is 14.8 Å². The molecule has 122 valence electrons. The summed E-state index contributed by atoms with van der Waals surface area (Å²) in [6, 6.07) is 5.29. The Bertz CT molecular complexity index is 531. The van der Waals surface area contributed by atoms with Crippen molar-refractivity contribution >= 4 is 23.2 Å². The number of benzene rings is 1. The third-order valence-electron chi connectivity index (χ3n) is 3.90. The van der Waals surface area contributed by atoms with Gasteiger partial charge in [0.05, 0.1) is 11.6 Å². The first-order chi connectivity index (χ1) is 10.5. The van der Waals surface area contributed by atoms with Gasteiger partial charge in [0.15, 0.2) is 0 Å². The van der Waals surface area contributed by atoms with E-state index in [0.29, 0.717) is 35.6 Å². The zero-order valence-electron chi connectivity index (χ0n) is 13.4. The second-order valence-corrected chi connectivity index (χ2v) is 6.17. The number of halogens is 1. The average Bonchev–Trinajstić information content (AvgIpc) is 3.31. The Balaban J connectivity index is 2.06. The highest BCUT2D eigenvalue weighted by Crippen LogP contribution is 2.42. The van der Waals surface area contributed by atoms with Gasteiger partial charge in [0, 0.05) is 12.3 Å². The average molecular weight is 326 g/mol. The van der Waals surface area contributed by atoms with Crippen LogP contribution in [0, 0.1) is 5.92 Å². The molecule has 0 radical (unpaired) electrons. The lowest BCUT2D eigenvalue weighted by Crippen LogP contribution is -2.44. The normalized spacial score (nSPS) is 16.9. The van der Waals surface area contributed by atoms with Crippen LogP contribution in [0.4, 0.5) is 5.69 Å². The Kier molecular flexibility index (Phi) is 5.70. The van der Waals surface area contributed by atoms with E-state index >= 15 is 0 Å². The van der Waals surface area contributed by atoms with Crippen molar-refractivity contribution < 1.29 is 14.3 Å². The van der Waals surface area contributed by atoms with Gasteiger partial charge in [-0.1, -0.05) is 18.5 Å². The zero-order chi connectivity index (χ0) is 16.2. The maximum absolute atomic E-state index is 12.6. The van der Waals surface area contributed by atoms with Crippen molar-refractivity contribution in [2.45, 2.75) is 45.6 Å². The van der Waals surface area contributed by atoms with E-state index in [0.717, 1.165) is 19.3 Å². The van der Waals surface area contributed by atoms with E-state index in [1.165, 1.54) is 0 Å². The first-order valence-electron chi connectivity index (χ1n) is 7.89. The third kappa shape index (κ3) is 3.93. The molecule has 1 amide bonds. The van der Waals surface area contributed by atoms with E-state index in [-0.39, 0.29) is 5.91 Å². The molecule has 1 aromatic rings. The largest absolute Gasteiger partial charge is 0.492 e. The van der Waals surface area contributed by atoms with Crippen molar-refractivity contribution in [2.75, 3.05) is 18.5 Å². The van der Waals surface area contributed by atoms with E-state index < -0.39 is 5.60 Å². The summed E-state index contributed by atoms with van der Waals surface area (Å²) in [7, 11) is 0. The lowest BCUT2D eigenvalue weighted by molar-refractivity contribution is -0.141. The lowest BCUT2D eigenvalue weighted by Gasteiger charge is -2.28. The highest BCUT2D eigenvalue weighted by Gasteiger charge is 2.48. The van der Waals surface area contributed by atoms with Crippen molar-refractivity contribution in [3.63, 3.8) is 0 Å². The second-order valence-electron chi connectivity index (χ2n) is 5.76. The van der Waals surface area contributed by atoms with E-state index in [4.69, 9.17) is 21.1 Å². The van der Waals surface area contributed by atoms with Crippen molar-refractivity contribution in [1.82, 2.24) is 0 Å². The van der Waals surface area contributed by atoms with Gasteiger partial charge in [0.1, 0.15) is 11.4 Å². The number of carbonyl (C=O) groups is 1. The van der Waals surface area contributed by atoms with Crippen LogP contribution in [0.5, 0.6) is 5.75 Å². The van der Waals surface area contributed by atoms with E-state index in [2.05, 4.69) is 5.32 Å². The number of hydrogen-bond acceptors (Lipinski definition) is 3. The fourth-order valence-electron chi connectivity index (χ4n) is 2.47. The molecule has 1 aromatic carbocycles. The molecule has 0 aliphatic heterocycles. The fraction of sp³-hybridized carbons (Fsp3) is 0.588. The van der Waals surface area contributed by atoms with Crippen LogP contribution in [0.15, 0.2) is 18.2 Å². The van der Waals surface area contributed by atoms with Crippen molar-refractivity contribution in [2.24, 2.45) is 5.92 Å². The molecule has 1 N–H and O–H groups in total. The Labute approximate surface area is 137 Å². The molecule has 1 aliphatic carbocycles. The third-order valence-corrected chi connectivity index (χ3v) is 4.20. The molecule has 1 aliphatic rings. The molecule has 0 unspecified atom stereocenters. The summed E-state index contributed by atoms with van der Waals surface area (Å²) >= 11 is 6.19. The topological polar surface area (TPSA) is 47.6 Å². The predicted octanol–water partition coefficient (Wildman–Crippen LogP) is 4.27. The Morgan fingerprint density at radius 1 is 1.41 bits per heavy atom. The van der Waals surface area contributed by atoms with Crippen LogP contribution in [0.25, 0.3) is 0 Å². The van der Waals surface area contributed by atoms with Gasteiger partial charge in [0.2, 0.25) is 0 Å². The Morgan fingerprint density at radius 3 is 2.68 bits per heavy atom. The molecular formula is C17H24ClNO3. The quantitative estimate of drug-likeness (QED) is 0.776. The number of carbonyl (C=O) groups excluding carboxylic acids is 1. The van der Waals surface area contributed by atoms with Crippen molar-refractivity contribution in [3.8, 4) is 5.75 Å². The van der Waals surface area contributed by atoms with Gasteiger partial charge in [-0.25, -0.2) is 0 Å². The fourth-order valence-corrected chi connectivity index (χ4v) is 2.70. The van der Waals surface area contributed by atoms with Gasteiger partial charge in [-0.15, -0.1) is 0 Å². The highest BCUT2D eigenvalue weighted by atomic mass is 35.5. The maximum Gasteiger partial charge on any atom is 0.256 e. The molecule has 0 spiro atoms. The maximum atomic E-state index is 12.6. The molecular weight excluding hydrogens is 302 g/mol. The summed E-state index contributed by atoms with van der Waals surface area (Å²) in [4.78, 5) is 12.6. The summed E-state index contributed by atoms with van der Waals surface area (Å²) < 4.78 is 11.3. The number of nitrogens with one attached hydrogen (secondary N) is 1. The number of rotatable bonds is 8. The van der Waals surface area contributed by atoms with Gasteiger partial charge in [-0.05, 0) is 57.2 Å². The molecule has 5 heteroatoms. The molecule has 0 saturated heterocycles. The Hall–Kier alpha value is -1.26. The molecule has 4 nitrogen and oxygen atoms in total. The van der Waals surface area contributed by atoms with Gasteiger partial charge in [-0.3, -0.25) is 4.79 Å². The van der Waals surface area contributed by atoms with Crippen LogP contribution in [-0.2, 0) is 9.53 Å². The van der Waals surface area contributed by atoms with E-state index in [1.54, 1.807) is 18.2 Å². The van der Waals surface area contributed by atoms with Gasteiger partial charge in [-0.2, -0.15) is 0 Å². The minimum absolute atomic E-state index is 0.116. The molecule has 0 heterocycles. The molecule has 2 rings (SSSR count). The number of hydrogen-bond donors (Lipinski definition) is 1. The van der Waals surface area contributed by atoms with Gasteiger partial charge in [0.25, 0.3) is 5.91 Å². The number of ether oxygens (including phenoxy) is 2. The predicted molar refractivity (Wildman–Crippen MR) is 88.6 cm³/mol. The molecule has 1 atom stereocenters. The number of anilines is 1. The van der Waals surface area contributed by atoms with Crippen LogP contribution < -0.4 is 10.1 Å². The minimum Gasteiger partial charge on any atom is -0.492 e. The summed E-state index contributed by atoms with van der Waals surface area (Å²) in [5.41, 5.74) is -0.107. The minimum atomic E-state index is -0.765. The highest BCUT2D eigenvalue weighted by molar-refractivity contribution is 6.32. The van der Waals surface area contributed by atoms with Crippen LogP contribution in [-0.4, -0.2) is 24.7 Å². The summed E-state index contributed by atoms with van der Waals surface area (Å²) in [6.07, 6.45) is 2.99. The van der Waals surface area contributed by atoms with Crippen LogP contribution in [0.3, 0.4) is 0 Å². The van der Waals surface area contributed by atoms with Crippen molar-refractivity contribution in [1.29, 1.82) is 0 Å². The van der Waals surface area contributed by atoms with E-state index in [9.17, 15) is 4.79 Å². The molecule has 0 aromatic heterocycles. The SMILES string of the molecule is CCCOc1ccc(NC(=O)[C@](C)(OCC)C2CC2)cc1Cl. The van der Waals surface area contributed by atoms with E-state index in [1.807, 2.05) is 20.8 Å². The smallest absolute Gasteiger partial charge is 0.256 e. The summed E-state index contributed by atoms with van der Waals surface area (Å²) in [6.45, 7) is 6.95. The second kappa shape index (κ2) is 7.34. The zero-order valence-corrected chi connectivity index (χ0v) is 14.2. The van der Waals surface area contributed by atoms with Crippen LogP contribution >= 0.6 is 11.6 Å². The lowest BCUT2D eigenvalue weighted by atomic mass is 9.99. The molecule has 0 bridgehead atoms. The van der Waals surface area contributed by atoms with Crippen LogP contribution in [0.1, 0.15) is 40.0 Å². The summed E-state index contributed by atoms with van der Waals surface area (Å²) in [5.74, 6) is 0.821. The van der Waals surface area contributed by atoms with Gasteiger partial charge >= 0.3 is 0 Å². The first-order valence-corrected chi connectivity index (χ1v) is 8.26. The molecule has 1 saturated carbocycles. The first kappa shape index (κ1) is 17.1.